The minimum Gasteiger partial charge on any atom is -0.470 e. The van der Waals surface area contributed by atoms with Gasteiger partial charge in [0.05, 0.1) is 12.3 Å². The lowest BCUT2D eigenvalue weighted by molar-refractivity contribution is 0.311. The Morgan fingerprint density at radius 1 is 1.67 bits per heavy atom. The van der Waals surface area contributed by atoms with E-state index in [0.29, 0.717) is 13.2 Å². The van der Waals surface area contributed by atoms with Gasteiger partial charge in [0.15, 0.2) is 0 Å². The lowest BCUT2D eigenvalue weighted by Crippen LogP contribution is -2.05. The van der Waals surface area contributed by atoms with E-state index >= 15 is 0 Å². The fraction of sp³-hybridized carbons (Fsp3) is 0.625. The highest BCUT2D eigenvalue weighted by Gasteiger charge is 1.99. The van der Waals surface area contributed by atoms with Crippen LogP contribution in [-0.2, 0) is 6.42 Å². The number of rotatable bonds is 5. The first-order valence-corrected chi connectivity index (χ1v) is 5.02. The molecule has 3 nitrogen and oxygen atoms in total. The largest absolute Gasteiger partial charge is 0.470 e. The highest BCUT2D eigenvalue weighted by atomic mass is 32.1. The summed E-state index contributed by atoms with van der Waals surface area (Å²) in [6.45, 7) is 3.43. The number of hydrogen-bond acceptors (Lipinski definition) is 4. The van der Waals surface area contributed by atoms with Gasteiger partial charge < -0.3 is 10.5 Å². The summed E-state index contributed by atoms with van der Waals surface area (Å²) >= 11 is 1.55. The zero-order valence-electron chi connectivity index (χ0n) is 7.25. The van der Waals surface area contributed by atoms with Gasteiger partial charge >= 0.3 is 0 Å². The molecule has 0 bridgehead atoms. The van der Waals surface area contributed by atoms with Crippen molar-refractivity contribution in [3.63, 3.8) is 0 Å². The number of ether oxygens (including phenoxy) is 1. The molecule has 0 spiro atoms. The quantitative estimate of drug-likeness (QED) is 0.708. The van der Waals surface area contributed by atoms with E-state index < -0.39 is 0 Å². The molecule has 2 N–H and O–H groups in total. The van der Waals surface area contributed by atoms with Gasteiger partial charge in [0.25, 0.3) is 5.19 Å². The fourth-order valence-electron chi connectivity index (χ4n) is 0.760. The molecule has 68 valence electrons. The molecule has 0 aliphatic heterocycles. The molecule has 0 unspecified atom stereocenters. The third-order valence-electron chi connectivity index (χ3n) is 1.47. The Morgan fingerprint density at radius 2 is 2.50 bits per heavy atom. The van der Waals surface area contributed by atoms with Crippen LogP contribution in [0.5, 0.6) is 5.19 Å². The monoisotopic (exact) mass is 186 g/mol. The van der Waals surface area contributed by atoms with Crippen LogP contribution in [0.2, 0.25) is 0 Å². The Bertz CT molecular complexity index is 225. The van der Waals surface area contributed by atoms with Gasteiger partial charge in [-0.1, -0.05) is 18.3 Å². The number of aromatic nitrogens is 1. The number of thiazole rings is 1. The van der Waals surface area contributed by atoms with Gasteiger partial charge in [0.1, 0.15) is 0 Å². The van der Waals surface area contributed by atoms with Gasteiger partial charge in [-0.25, -0.2) is 4.98 Å². The third-order valence-corrected chi connectivity index (χ3v) is 2.27. The van der Waals surface area contributed by atoms with Gasteiger partial charge in [-0.15, -0.1) is 0 Å². The number of hydrogen-bond donors (Lipinski definition) is 1. The first-order valence-electron chi connectivity index (χ1n) is 4.14. The van der Waals surface area contributed by atoms with E-state index in [0.717, 1.165) is 23.7 Å². The molecule has 0 amide bonds. The fourth-order valence-corrected chi connectivity index (χ4v) is 1.54. The Labute approximate surface area is 76.6 Å². The molecule has 0 saturated heterocycles. The Morgan fingerprint density at radius 3 is 3.08 bits per heavy atom. The molecule has 0 saturated carbocycles. The maximum Gasteiger partial charge on any atom is 0.273 e. The standard InChI is InChI=1S/C8H14N2OS/c1-2-7-6-12-8(10-7)11-5-3-4-9/h6H,2-5,9H2,1H3. The van der Waals surface area contributed by atoms with Gasteiger partial charge in [-0.05, 0) is 19.4 Å². The summed E-state index contributed by atoms with van der Waals surface area (Å²) in [7, 11) is 0. The number of aryl methyl sites for hydroxylation is 1. The van der Waals surface area contributed by atoms with E-state index in [9.17, 15) is 0 Å². The predicted molar refractivity (Wildman–Crippen MR) is 50.7 cm³/mol. The Balaban J connectivity index is 2.31. The van der Waals surface area contributed by atoms with Crippen molar-refractivity contribution in [2.24, 2.45) is 5.73 Å². The van der Waals surface area contributed by atoms with Gasteiger partial charge in [0, 0.05) is 5.38 Å². The maximum absolute atomic E-state index is 5.36. The van der Waals surface area contributed by atoms with E-state index in [4.69, 9.17) is 10.5 Å². The minimum absolute atomic E-state index is 0.673. The molecule has 1 aromatic rings. The minimum atomic E-state index is 0.673. The van der Waals surface area contributed by atoms with Crippen LogP contribution in [0.1, 0.15) is 19.0 Å². The molecule has 0 aromatic carbocycles. The van der Waals surface area contributed by atoms with Crippen LogP contribution >= 0.6 is 11.3 Å². The normalized spacial score (nSPS) is 10.2. The average molecular weight is 186 g/mol. The lowest BCUT2D eigenvalue weighted by atomic mass is 10.4. The van der Waals surface area contributed by atoms with Gasteiger partial charge in [-0.3, -0.25) is 0 Å². The summed E-state index contributed by atoms with van der Waals surface area (Å²) in [4.78, 5) is 4.26. The zero-order chi connectivity index (χ0) is 8.81. The molecule has 1 heterocycles. The molecular formula is C8H14N2OS. The van der Waals surface area contributed by atoms with Crippen molar-refractivity contribution in [2.45, 2.75) is 19.8 Å². The molecule has 0 atom stereocenters. The Hall–Kier alpha value is -0.610. The first kappa shape index (κ1) is 9.48. The van der Waals surface area contributed by atoms with Gasteiger partial charge in [0.2, 0.25) is 0 Å². The predicted octanol–water partition coefficient (Wildman–Crippen LogP) is 1.43. The zero-order valence-corrected chi connectivity index (χ0v) is 8.06. The molecule has 12 heavy (non-hydrogen) atoms. The van der Waals surface area contributed by atoms with Crippen LogP contribution in [0, 0.1) is 0 Å². The van der Waals surface area contributed by atoms with Crippen molar-refractivity contribution in [3.8, 4) is 5.19 Å². The second-order valence-corrected chi connectivity index (χ2v) is 3.27. The molecule has 0 aliphatic rings. The van der Waals surface area contributed by atoms with Crippen LogP contribution in [0.3, 0.4) is 0 Å². The highest BCUT2D eigenvalue weighted by molar-refractivity contribution is 7.11. The lowest BCUT2D eigenvalue weighted by Gasteiger charge is -1.98. The molecule has 0 fully saturated rings. The molecule has 1 aromatic heterocycles. The maximum atomic E-state index is 5.36. The van der Waals surface area contributed by atoms with Crippen LogP contribution in [0.25, 0.3) is 0 Å². The topological polar surface area (TPSA) is 48.1 Å². The van der Waals surface area contributed by atoms with Crippen LogP contribution in [0.15, 0.2) is 5.38 Å². The van der Waals surface area contributed by atoms with Crippen LogP contribution in [-0.4, -0.2) is 18.1 Å². The second-order valence-electron chi connectivity index (χ2n) is 2.45. The SMILES string of the molecule is CCc1csc(OCCCN)n1. The molecule has 4 heteroatoms. The number of nitrogens with zero attached hydrogens (tertiary/aromatic N) is 1. The molecular weight excluding hydrogens is 172 g/mol. The summed E-state index contributed by atoms with van der Waals surface area (Å²) < 4.78 is 5.36. The Kier molecular flexibility index (Phi) is 4.04. The summed E-state index contributed by atoms with van der Waals surface area (Å²) in [6.07, 6.45) is 1.86. The van der Waals surface area contributed by atoms with Crippen molar-refractivity contribution < 1.29 is 4.74 Å². The van der Waals surface area contributed by atoms with E-state index in [1.807, 2.05) is 5.38 Å². The van der Waals surface area contributed by atoms with E-state index in [2.05, 4.69) is 11.9 Å². The smallest absolute Gasteiger partial charge is 0.273 e. The first-order chi connectivity index (χ1) is 5.86. The average Bonchev–Trinajstić information content (AvgIpc) is 2.53. The summed E-state index contributed by atoms with van der Waals surface area (Å²) in [5.41, 5.74) is 6.43. The van der Waals surface area contributed by atoms with E-state index in [-0.39, 0.29) is 0 Å². The van der Waals surface area contributed by atoms with Crippen molar-refractivity contribution in [3.05, 3.63) is 11.1 Å². The van der Waals surface area contributed by atoms with Crippen molar-refractivity contribution in [1.29, 1.82) is 0 Å². The number of nitrogens with two attached hydrogens (primary N) is 1. The van der Waals surface area contributed by atoms with Crippen molar-refractivity contribution in [1.82, 2.24) is 4.98 Å². The highest BCUT2D eigenvalue weighted by Crippen LogP contribution is 2.18. The molecule has 0 aliphatic carbocycles. The summed E-state index contributed by atoms with van der Waals surface area (Å²) in [5.74, 6) is 0. The summed E-state index contributed by atoms with van der Waals surface area (Å²) in [6, 6.07) is 0. The van der Waals surface area contributed by atoms with Crippen LogP contribution in [0.4, 0.5) is 0 Å². The van der Waals surface area contributed by atoms with E-state index in [1.165, 1.54) is 0 Å². The van der Waals surface area contributed by atoms with Crippen molar-refractivity contribution >= 4 is 11.3 Å². The molecule has 1 rings (SSSR count). The summed E-state index contributed by atoms with van der Waals surface area (Å²) in [5, 5.41) is 2.79. The third kappa shape index (κ3) is 2.79. The van der Waals surface area contributed by atoms with E-state index in [1.54, 1.807) is 11.3 Å². The second kappa shape index (κ2) is 5.11. The molecule has 0 radical (unpaired) electrons. The van der Waals surface area contributed by atoms with Gasteiger partial charge in [-0.2, -0.15) is 0 Å². The van der Waals surface area contributed by atoms with Crippen LogP contribution < -0.4 is 10.5 Å². The van der Waals surface area contributed by atoms with Crippen molar-refractivity contribution in [2.75, 3.05) is 13.2 Å².